The highest BCUT2D eigenvalue weighted by Crippen LogP contribution is 2.29. The average molecular weight is 215 g/mol. The molecule has 16 heavy (non-hydrogen) atoms. The second-order valence-electron chi connectivity index (χ2n) is 4.35. The second-order valence-corrected chi connectivity index (χ2v) is 4.35. The molecule has 3 rings (SSSR count). The molecule has 1 saturated heterocycles. The number of rotatable bonds is 0. The standard InChI is InChI=1S/C12H13N3O/c1-8-3-4-10-9(5-8)6-15-7-11(16)14(2)12(15)13-10/h3-5H,6-7H2,1-2H3. The molecule has 1 amide bonds. The Kier molecular flexibility index (Phi) is 1.80. The Hall–Kier alpha value is -1.84. The van der Waals surface area contributed by atoms with Crippen LogP contribution in [0.5, 0.6) is 0 Å². The van der Waals surface area contributed by atoms with Crippen molar-refractivity contribution in [2.45, 2.75) is 13.5 Å². The van der Waals surface area contributed by atoms with Crippen molar-refractivity contribution >= 4 is 17.6 Å². The maximum atomic E-state index is 11.6. The molecule has 1 fully saturated rings. The lowest BCUT2D eigenvalue weighted by atomic mass is 10.1. The van der Waals surface area contributed by atoms with Gasteiger partial charge in [-0.1, -0.05) is 17.7 Å². The third-order valence-electron chi connectivity index (χ3n) is 3.10. The number of carbonyl (C=O) groups is 1. The van der Waals surface area contributed by atoms with Gasteiger partial charge < -0.3 is 4.90 Å². The highest BCUT2D eigenvalue weighted by atomic mass is 16.2. The number of likely N-dealkylation sites (N-methyl/N-ethyl adjacent to an activating group) is 1. The van der Waals surface area contributed by atoms with E-state index in [-0.39, 0.29) is 5.91 Å². The van der Waals surface area contributed by atoms with Gasteiger partial charge >= 0.3 is 0 Å². The van der Waals surface area contributed by atoms with E-state index in [2.05, 4.69) is 24.0 Å². The first-order valence-corrected chi connectivity index (χ1v) is 5.35. The zero-order chi connectivity index (χ0) is 11.3. The zero-order valence-electron chi connectivity index (χ0n) is 9.40. The van der Waals surface area contributed by atoms with Gasteiger partial charge in [0.25, 0.3) is 0 Å². The fraction of sp³-hybridized carbons (Fsp3) is 0.333. The maximum absolute atomic E-state index is 11.6. The molecule has 82 valence electrons. The summed E-state index contributed by atoms with van der Waals surface area (Å²) in [6, 6.07) is 6.21. The van der Waals surface area contributed by atoms with Crippen LogP contribution in [0.2, 0.25) is 0 Å². The van der Waals surface area contributed by atoms with Gasteiger partial charge in [-0.15, -0.1) is 0 Å². The van der Waals surface area contributed by atoms with E-state index in [0.29, 0.717) is 6.54 Å². The van der Waals surface area contributed by atoms with Crippen LogP contribution in [-0.2, 0) is 11.3 Å². The minimum atomic E-state index is 0.114. The Morgan fingerprint density at radius 2 is 2.12 bits per heavy atom. The van der Waals surface area contributed by atoms with E-state index in [4.69, 9.17) is 0 Å². The average Bonchev–Trinajstić information content (AvgIpc) is 2.52. The molecule has 0 aromatic heterocycles. The van der Waals surface area contributed by atoms with Crippen LogP contribution >= 0.6 is 0 Å². The second kappa shape index (κ2) is 3.07. The molecular formula is C12H13N3O. The van der Waals surface area contributed by atoms with E-state index >= 15 is 0 Å². The van der Waals surface area contributed by atoms with Crippen molar-refractivity contribution in [2.75, 3.05) is 13.6 Å². The molecular weight excluding hydrogens is 202 g/mol. The summed E-state index contributed by atoms with van der Waals surface area (Å²) < 4.78 is 0. The minimum absolute atomic E-state index is 0.114. The van der Waals surface area contributed by atoms with Crippen LogP contribution in [0.25, 0.3) is 0 Å². The summed E-state index contributed by atoms with van der Waals surface area (Å²) >= 11 is 0. The fourth-order valence-electron chi connectivity index (χ4n) is 2.20. The van der Waals surface area contributed by atoms with Crippen LogP contribution in [0, 0.1) is 6.92 Å². The van der Waals surface area contributed by atoms with Crippen molar-refractivity contribution in [3.8, 4) is 0 Å². The summed E-state index contributed by atoms with van der Waals surface area (Å²) in [5.74, 6) is 0.893. The molecule has 0 spiro atoms. The fourth-order valence-corrected chi connectivity index (χ4v) is 2.20. The molecule has 1 aromatic rings. The van der Waals surface area contributed by atoms with E-state index in [1.54, 1.807) is 11.9 Å². The first kappa shape index (κ1) is 9.39. The van der Waals surface area contributed by atoms with E-state index in [1.165, 1.54) is 11.1 Å². The van der Waals surface area contributed by atoms with Crippen LogP contribution in [0.4, 0.5) is 5.69 Å². The number of aliphatic imine (C=N–C) groups is 1. The summed E-state index contributed by atoms with van der Waals surface area (Å²) in [5.41, 5.74) is 3.42. The van der Waals surface area contributed by atoms with Gasteiger partial charge in [-0.25, -0.2) is 4.99 Å². The summed E-state index contributed by atoms with van der Waals surface area (Å²) in [6.07, 6.45) is 0. The predicted molar refractivity (Wildman–Crippen MR) is 61.5 cm³/mol. The van der Waals surface area contributed by atoms with Gasteiger partial charge in [-0.2, -0.15) is 0 Å². The monoisotopic (exact) mass is 215 g/mol. The molecule has 4 heteroatoms. The summed E-state index contributed by atoms with van der Waals surface area (Å²) in [6.45, 7) is 3.30. The number of hydrogen-bond donors (Lipinski definition) is 0. The van der Waals surface area contributed by atoms with E-state index < -0.39 is 0 Å². The van der Waals surface area contributed by atoms with Gasteiger partial charge in [-0.05, 0) is 18.6 Å². The quantitative estimate of drug-likeness (QED) is 0.653. The molecule has 0 unspecified atom stereocenters. The Morgan fingerprint density at radius 1 is 1.31 bits per heavy atom. The van der Waals surface area contributed by atoms with Gasteiger partial charge in [0.2, 0.25) is 11.9 Å². The molecule has 0 atom stereocenters. The normalized spacial score (nSPS) is 18.4. The van der Waals surface area contributed by atoms with E-state index in [1.807, 2.05) is 11.0 Å². The molecule has 2 aliphatic heterocycles. The summed E-state index contributed by atoms with van der Waals surface area (Å²) in [5, 5.41) is 0. The third kappa shape index (κ3) is 1.23. The number of amides is 1. The molecule has 0 bridgehead atoms. The van der Waals surface area contributed by atoms with Gasteiger partial charge in [0.05, 0.1) is 5.69 Å². The van der Waals surface area contributed by atoms with Crippen molar-refractivity contribution in [3.63, 3.8) is 0 Å². The van der Waals surface area contributed by atoms with Crippen LogP contribution in [0.3, 0.4) is 0 Å². The molecule has 2 heterocycles. The number of carbonyl (C=O) groups excluding carboxylic acids is 1. The predicted octanol–water partition coefficient (Wildman–Crippen LogP) is 1.27. The maximum Gasteiger partial charge on any atom is 0.248 e. The third-order valence-corrected chi connectivity index (χ3v) is 3.10. The Balaban J connectivity index is 2.09. The number of guanidine groups is 1. The number of aryl methyl sites for hydroxylation is 1. The first-order chi connectivity index (χ1) is 7.65. The molecule has 0 saturated carbocycles. The summed E-state index contributed by atoms with van der Waals surface area (Å²) in [7, 11) is 1.78. The SMILES string of the molecule is Cc1ccc2c(c1)CN1CC(=O)N(C)C1=N2. The lowest BCUT2D eigenvalue weighted by Gasteiger charge is -2.25. The number of fused-ring (bicyclic) bond motifs is 2. The summed E-state index contributed by atoms with van der Waals surface area (Å²) in [4.78, 5) is 19.7. The van der Waals surface area contributed by atoms with Crippen molar-refractivity contribution in [3.05, 3.63) is 29.3 Å². The molecule has 4 nitrogen and oxygen atoms in total. The van der Waals surface area contributed by atoms with Crippen LogP contribution < -0.4 is 0 Å². The van der Waals surface area contributed by atoms with Gasteiger partial charge in [0.15, 0.2) is 0 Å². The number of hydrogen-bond acceptors (Lipinski definition) is 3. The molecule has 0 radical (unpaired) electrons. The minimum Gasteiger partial charge on any atom is -0.328 e. The number of benzene rings is 1. The zero-order valence-corrected chi connectivity index (χ0v) is 9.40. The first-order valence-electron chi connectivity index (χ1n) is 5.35. The van der Waals surface area contributed by atoms with Gasteiger partial charge in [0, 0.05) is 13.6 Å². The largest absolute Gasteiger partial charge is 0.328 e. The van der Waals surface area contributed by atoms with Crippen LogP contribution in [0.15, 0.2) is 23.2 Å². The lowest BCUT2D eigenvalue weighted by molar-refractivity contribution is -0.124. The molecule has 2 aliphatic rings. The Labute approximate surface area is 94.2 Å². The highest BCUT2D eigenvalue weighted by molar-refractivity contribution is 6.05. The highest BCUT2D eigenvalue weighted by Gasteiger charge is 2.33. The molecule has 1 aromatic carbocycles. The van der Waals surface area contributed by atoms with Crippen LogP contribution in [0.1, 0.15) is 11.1 Å². The van der Waals surface area contributed by atoms with E-state index in [0.717, 1.165) is 18.2 Å². The van der Waals surface area contributed by atoms with E-state index in [9.17, 15) is 4.79 Å². The van der Waals surface area contributed by atoms with Crippen LogP contribution in [-0.4, -0.2) is 35.3 Å². The van der Waals surface area contributed by atoms with Crippen molar-refractivity contribution in [2.24, 2.45) is 4.99 Å². The van der Waals surface area contributed by atoms with Gasteiger partial charge in [0.1, 0.15) is 6.54 Å². The van der Waals surface area contributed by atoms with Crippen molar-refractivity contribution < 1.29 is 4.79 Å². The van der Waals surface area contributed by atoms with Gasteiger partial charge in [-0.3, -0.25) is 9.69 Å². The Morgan fingerprint density at radius 3 is 2.94 bits per heavy atom. The molecule has 0 aliphatic carbocycles. The topological polar surface area (TPSA) is 35.9 Å². The smallest absolute Gasteiger partial charge is 0.248 e. The molecule has 0 N–H and O–H groups in total. The van der Waals surface area contributed by atoms with Crippen molar-refractivity contribution in [1.29, 1.82) is 0 Å². The Bertz CT molecular complexity index is 507. The lowest BCUT2D eigenvalue weighted by Crippen LogP contribution is -2.33. The number of nitrogens with zero attached hydrogens (tertiary/aromatic N) is 3. The van der Waals surface area contributed by atoms with Crippen molar-refractivity contribution in [1.82, 2.24) is 9.80 Å².